The molecule has 2 atom stereocenters. The smallest absolute Gasteiger partial charge is 0.391 e. The van der Waals surface area contributed by atoms with Crippen LogP contribution >= 0.6 is 7.82 Å². The Kier molecular flexibility index (Phi) is 10.5. The van der Waals surface area contributed by atoms with E-state index in [4.69, 9.17) is 15.5 Å². The highest BCUT2D eigenvalue weighted by Gasteiger charge is 2.21. The SMILES string of the molecule is CCCCCCCCc1cccc(C[C@@H](O)[C@@H](N)COP(=O)(O)O)c1. The van der Waals surface area contributed by atoms with Gasteiger partial charge < -0.3 is 20.6 Å². The van der Waals surface area contributed by atoms with Gasteiger partial charge in [-0.1, -0.05) is 63.3 Å². The van der Waals surface area contributed by atoms with Crippen molar-refractivity contribution >= 4 is 7.82 Å². The summed E-state index contributed by atoms with van der Waals surface area (Å²) >= 11 is 0. The maximum atomic E-state index is 10.7. The molecule has 0 amide bonds. The molecule has 5 N–H and O–H groups in total. The molecule has 0 aliphatic heterocycles. The zero-order valence-corrected chi connectivity index (χ0v) is 15.9. The summed E-state index contributed by atoms with van der Waals surface area (Å²) in [7, 11) is -4.56. The molecule has 144 valence electrons. The van der Waals surface area contributed by atoms with E-state index in [1.807, 2.05) is 12.1 Å². The zero-order chi connectivity index (χ0) is 18.7. The zero-order valence-electron chi connectivity index (χ0n) is 15.0. The molecule has 0 aromatic heterocycles. The summed E-state index contributed by atoms with van der Waals surface area (Å²) in [5, 5.41) is 10.1. The van der Waals surface area contributed by atoms with Crippen LogP contribution in [0.3, 0.4) is 0 Å². The van der Waals surface area contributed by atoms with Gasteiger partial charge in [-0.05, 0) is 30.4 Å². The Bertz CT molecular complexity index is 534. The number of unbranched alkanes of at least 4 members (excludes halogenated alkanes) is 5. The van der Waals surface area contributed by atoms with E-state index in [-0.39, 0.29) is 6.61 Å². The topological polar surface area (TPSA) is 113 Å². The van der Waals surface area contributed by atoms with Gasteiger partial charge in [-0.25, -0.2) is 4.57 Å². The van der Waals surface area contributed by atoms with Crippen LogP contribution in [0.4, 0.5) is 0 Å². The van der Waals surface area contributed by atoms with Crippen molar-refractivity contribution in [1.29, 1.82) is 0 Å². The second-order valence-electron chi connectivity index (χ2n) is 6.56. The van der Waals surface area contributed by atoms with E-state index in [1.54, 1.807) is 0 Å². The molecule has 6 nitrogen and oxygen atoms in total. The van der Waals surface area contributed by atoms with Crippen molar-refractivity contribution in [2.24, 2.45) is 5.73 Å². The van der Waals surface area contributed by atoms with Crippen molar-refractivity contribution in [2.45, 2.75) is 70.4 Å². The van der Waals surface area contributed by atoms with E-state index in [1.165, 1.54) is 37.7 Å². The van der Waals surface area contributed by atoms with Crippen LogP contribution in [0, 0.1) is 0 Å². The first-order valence-corrected chi connectivity index (χ1v) is 10.6. The van der Waals surface area contributed by atoms with Crippen molar-refractivity contribution in [3.63, 3.8) is 0 Å². The largest absolute Gasteiger partial charge is 0.469 e. The Morgan fingerprint density at radius 2 is 1.76 bits per heavy atom. The van der Waals surface area contributed by atoms with E-state index in [0.717, 1.165) is 18.4 Å². The second kappa shape index (κ2) is 11.8. The van der Waals surface area contributed by atoms with Gasteiger partial charge in [-0.15, -0.1) is 0 Å². The fourth-order valence-electron chi connectivity index (χ4n) is 2.71. The number of benzene rings is 1. The highest BCUT2D eigenvalue weighted by molar-refractivity contribution is 7.46. The summed E-state index contributed by atoms with van der Waals surface area (Å²) in [6.45, 7) is 1.83. The van der Waals surface area contributed by atoms with Crippen molar-refractivity contribution in [3.8, 4) is 0 Å². The lowest BCUT2D eigenvalue weighted by molar-refractivity contribution is 0.102. The third-order valence-corrected chi connectivity index (χ3v) is 4.67. The van der Waals surface area contributed by atoms with Crippen LogP contribution in [-0.2, 0) is 21.9 Å². The number of aliphatic hydroxyl groups is 1. The molecule has 0 spiro atoms. The molecule has 0 unspecified atom stereocenters. The predicted molar refractivity (Wildman–Crippen MR) is 99.2 cm³/mol. The Morgan fingerprint density at radius 1 is 1.12 bits per heavy atom. The maximum absolute atomic E-state index is 10.7. The van der Waals surface area contributed by atoms with Gasteiger partial charge in [0.15, 0.2) is 0 Å². The minimum absolute atomic E-state index is 0.329. The summed E-state index contributed by atoms with van der Waals surface area (Å²) in [6, 6.07) is 7.18. The van der Waals surface area contributed by atoms with Crippen molar-refractivity contribution < 1.29 is 24.0 Å². The molecule has 1 aromatic rings. The van der Waals surface area contributed by atoms with Crippen LogP contribution < -0.4 is 5.73 Å². The molecule has 25 heavy (non-hydrogen) atoms. The van der Waals surface area contributed by atoms with Gasteiger partial charge in [0.1, 0.15) is 0 Å². The molecule has 0 saturated carbocycles. The second-order valence-corrected chi connectivity index (χ2v) is 7.80. The highest BCUT2D eigenvalue weighted by atomic mass is 31.2. The summed E-state index contributed by atoms with van der Waals surface area (Å²) in [6.07, 6.45) is 7.96. The van der Waals surface area contributed by atoms with Crippen molar-refractivity contribution in [1.82, 2.24) is 0 Å². The third kappa shape index (κ3) is 10.8. The lowest BCUT2D eigenvalue weighted by Crippen LogP contribution is -2.39. The summed E-state index contributed by atoms with van der Waals surface area (Å²) in [5.74, 6) is 0. The van der Waals surface area contributed by atoms with Gasteiger partial charge in [0.25, 0.3) is 0 Å². The van der Waals surface area contributed by atoms with E-state index in [2.05, 4.69) is 23.6 Å². The normalized spacial score (nSPS) is 14.4. The van der Waals surface area contributed by atoms with Crippen LogP contribution in [0.5, 0.6) is 0 Å². The van der Waals surface area contributed by atoms with Gasteiger partial charge in [0.05, 0.1) is 18.8 Å². The lowest BCUT2D eigenvalue weighted by atomic mass is 9.99. The molecule has 0 bridgehead atoms. The average molecular weight is 373 g/mol. The summed E-state index contributed by atoms with van der Waals surface area (Å²) in [5.41, 5.74) is 7.93. The first kappa shape index (κ1) is 22.3. The lowest BCUT2D eigenvalue weighted by Gasteiger charge is -2.19. The molecule has 1 rings (SSSR count). The van der Waals surface area contributed by atoms with Gasteiger partial charge in [-0.2, -0.15) is 0 Å². The fraction of sp³-hybridized carbons (Fsp3) is 0.667. The molecule has 1 aromatic carbocycles. The Balaban J connectivity index is 2.39. The van der Waals surface area contributed by atoms with Crippen molar-refractivity contribution in [3.05, 3.63) is 35.4 Å². The molecule has 0 aliphatic rings. The van der Waals surface area contributed by atoms with E-state index >= 15 is 0 Å². The van der Waals surface area contributed by atoms with Crippen LogP contribution in [0.25, 0.3) is 0 Å². The van der Waals surface area contributed by atoms with Crippen LogP contribution in [-0.4, -0.2) is 33.6 Å². The Morgan fingerprint density at radius 3 is 2.44 bits per heavy atom. The standard InChI is InChI=1S/C18H32NO5P/c1-2-3-4-5-6-7-9-15-10-8-11-16(12-15)13-18(20)17(19)14-24-25(21,22)23/h8,10-12,17-18,20H,2-7,9,13-14,19H2,1H3,(H2,21,22,23)/t17-,18+/m0/s1. The first-order chi connectivity index (χ1) is 11.8. The first-order valence-electron chi connectivity index (χ1n) is 9.03. The third-order valence-electron chi connectivity index (χ3n) is 4.18. The highest BCUT2D eigenvalue weighted by Crippen LogP contribution is 2.35. The predicted octanol–water partition coefficient (Wildman–Crippen LogP) is 2.93. The molecule has 7 heteroatoms. The van der Waals surface area contributed by atoms with E-state index in [9.17, 15) is 9.67 Å². The van der Waals surface area contributed by atoms with Gasteiger partial charge in [0.2, 0.25) is 0 Å². The average Bonchev–Trinajstić information content (AvgIpc) is 2.55. The maximum Gasteiger partial charge on any atom is 0.469 e. The van der Waals surface area contributed by atoms with Crippen molar-refractivity contribution in [2.75, 3.05) is 6.61 Å². The van der Waals surface area contributed by atoms with Gasteiger partial charge in [0, 0.05) is 0 Å². The van der Waals surface area contributed by atoms with Gasteiger partial charge in [-0.3, -0.25) is 4.52 Å². The molecule has 0 saturated heterocycles. The van der Waals surface area contributed by atoms with E-state index in [0.29, 0.717) is 6.42 Å². The molecular weight excluding hydrogens is 341 g/mol. The number of aliphatic hydroxyl groups excluding tert-OH is 1. The number of hydrogen-bond acceptors (Lipinski definition) is 4. The van der Waals surface area contributed by atoms with Crippen LogP contribution in [0.2, 0.25) is 0 Å². The number of phosphoric acid groups is 1. The molecule has 0 radical (unpaired) electrons. The number of phosphoric ester groups is 1. The molecule has 0 aliphatic carbocycles. The minimum Gasteiger partial charge on any atom is -0.391 e. The molecule has 0 fully saturated rings. The Hall–Kier alpha value is -0.750. The quantitative estimate of drug-likeness (QED) is 0.312. The minimum atomic E-state index is -4.56. The fourth-order valence-corrected chi connectivity index (χ4v) is 3.08. The number of nitrogens with two attached hydrogens (primary N) is 1. The monoisotopic (exact) mass is 373 g/mol. The van der Waals surface area contributed by atoms with Crippen LogP contribution in [0.15, 0.2) is 24.3 Å². The van der Waals surface area contributed by atoms with Gasteiger partial charge >= 0.3 is 7.82 Å². The number of aryl methyl sites for hydroxylation is 1. The molecule has 0 heterocycles. The number of hydrogen-bond donors (Lipinski definition) is 4. The number of rotatable bonds is 13. The molecular formula is C18H32NO5P. The van der Waals surface area contributed by atoms with E-state index < -0.39 is 20.0 Å². The Labute approximate surface area is 150 Å². The summed E-state index contributed by atoms with van der Waals surface area (Å²) < 4.78 is 15.0. The van der Waals surface area contributed by atoms with Crippen LogP contribution in [0.1, 0.15) is 56.6 Å². The summed E-state index contributed by atoms with van der Waals surface area (Å²) in [4.78, 5) is 17.4.